The quantitative estimate of drug-likeness (QED) is 0.729. The summed E-state index contributed by atoms with van der Waals surface area (Å²) in [7, 11) is 0. The minimum Gasteiger partial charge on any atom is -0.234 e. The third kappa shape index (κ3) is 1.93. The van der Waals surface area contributed by atoms with Crippen molar-refractivity contribution in [2.75, 3.05) is 0 Å². The van der Waals surface area contributed by atoms with Crippen molar-refractivity contribution in [3.63, 3.8) is 0 Å². The van der Waals surface area contributed by atoms with Crippen LogP contribution in [0.4, 0.5) is 0 Å². The number of rotatable bonds is 1. The van der Waals surface area contributed by atoms with Crippen LogP contribution in [0.2, 0.25) is 0 Å². The molecule has 0 bridgehead atoms. The Morgan fingerprint density at radius 2 is 1.94 bits per heavy atom. The predicted molar refractivity (Wildman–Crippen MR) is 60.4 cm³/mol. The van der Waals surface area contributed by atoms with E-state index in [2.05, 4.69) is 47.3 Å². The lowest BCUT2D eigenvalue weighted by atomic mass is 9.86. The molecule has 0 saturated heterocycles. The van der Waals surface area contributed by atoms with Crippen LogP contribution < -0.4 is 0 Å². The Morgan fingerprint density at radius 3 is 2.44 bits per heavy atom. The van der Waals surface area contributed by atoms with Gasteiger partial charge >= 0.3 is 0 Å². The van der Waals surface area contributed by atoms with Crippen LogP contribution >= 0.6 is 0 Å². The number of tetrazole rings is 1. The van der Waals surface area contributed by atoms with Gasteiger partial charge in [0.1, 0.15) is 6.33 Å². The van der Waals surface area contributed by atoms with Gasteiger partial charge in [0.25, 0.3) is 0 Å². The average molecular weight is 217 g/mol. The Bertz CT molecular complexity index is 482. The molecule has 2 aromatic heterocycles. The highest BCUT2D eigenvalue weighted by Gasteiger charge is 2.17. The Labute approximate surface area is 94.5 Å². The molecule has 0 aliphatic carbocycles. The number of aromatic nitrogens is 5. The molecule has 2 heterocycles. The van der Waals surface area contributed by atoms with Crippen LogP contribution in [0.1, 0.15) is 32.0 Å². The molecule has 0 radical (unpaired) electrons. The Hall–Kier alpha value is -1.78. The van der Waals surface area contributed by atoms with Crippen molar-refractivity contribution in [1.29, 1.82) is 0 Å². The number of hydrogen-bond donors (Lipinski definition) is 0. The molecule has 84 valence electrons. The molecule has 0 aromatic carbocycles. The molecule has 5 nitrogen and oxygen atoms in total. The molecule has 0 unspecified atom stereocenters. The monoisotopic (exact) mass is 217 g/mol. The SMILES string of the molecule is Cc1nc(-n2cnnn2)ccc1C(C)(C)C. The molecular weight excluding hydrogens is 202 g/mol. The van der Waals surface area contributed by atoms with Crippen LogP contribution in [-0.4, -0.2) is 25.2 Å². The molecule has 0 saturated carbocycles. The van der Waals surface area contributed by atoms with Crippen molar-refractivity contribution in [3.05, 3.63) is 29.7 Å². The van der Waals surface area contributed by atoms with E-state index in [1.807, 2.05) is 13.0 Å². The molecule has 0 atom stereocenters. The Balaban J connectivity index is 2.45. The first-order valence-corrected chi connectivity index (χ1v) is 5.20. The number of hydrogen-bond acceptors (Lipinski definition) is 4. The standard InChI is InChI=1S/C11H15N5/c1-8-9(11(2,3)4)5-6-10(13-8)16-7-12-14-15-16/h5-7H,1-4H3. The molecule has 0 N–H and O–H groups in total. The summed E-state index contributed by atoms with van der Waals surface area (Å²) in [5.74, 6) is 0.746. The fourth-order valence-electron chi connectivity index (χ4n) is 1.73. The minimum atomic E-state index is 0.107. The fourth-order valence-corrected chi connectivity index (χ4v) is 1.73. The van der Waals surface area contributed by atoms with Gasteiger partial charge in [-0.05, 0) is 34.4 Å². The number of aryl methyl sites for hydroxylation is 1. The lowest BCUT2D eigenvalue weighted by Gasteiger charge is -2.21. The Kier molecular flexibility index (Phi) is 2.46. The van der Waals surface area contributed by atoms with E-state index in [0.29, 0.717) is 0 Å². The van der Waals surface area contributed by atoms with Crippen molar-refractivity contribution >= 4 is 0 Å². The van der Waals surface area contributed by atoms with E-state index in [1.54, 1.807) is 11.0 Å². The van der Waals surface area contributed by atoms with Crippen LogP contribution in [-0.2, 0) is 5.41 Å². The first kappa shape index (κ1) is 10.7. The van der Waals surface area contributed by atoms with Gasteiger partial charge in [0, 0.05) is 5.69 Å². The van der Waals surface area contributed by atoms with Gasteiger partial charge in [0.2, 0.25) is 0 Å². The van der Waals surface area contributed by atoms with E-state index in [0.717, 1.165) is 11.5 Å². The van der Waals surface area contributed by atoms with Gasteiger partial charge in [-0.25, -0.2) is 4.98 Å². The lowest BCUT2D eigenvalue weighted by molar-refractivity contribution is 0.581. The highest BCUT2D eigenvalue weighted by Crippen LogP contribution is 2.24. The minimum absolute atomic E-state index is 0.107. The van der Waals surface area contributed by atoms with E-state index in [1.165, 1.54) is 5.56 Å². The maximum Gasteiger partial charge on any atom is 0.157 e. The zero-order valence-electron chi connectivity index (χ0n) is 9.97. The molecule has 5 heteroatoms. The fraction of sp³-hybridized carbons (Fsp3) is 0.455. The summed E-state index contributed by atoms with van der Waals surface area (Å²) < 4.78 is 1.56. The summed E-state index contributed by atoms with van der Waals surface area (Å²) in [6, 6.07) is 4.02. The highest BCUT2D eigenvalue weighted by molar-refractivity contribution is 5.33. The van der Waals surface area contributed by atoms with E-state index >= 15 is 0 Å². The van der Waals surface area contributed by atoms with Crippen LogP contribution in [0.5, 0.6) is 0 Å². The van der Waals surface area contributed by atoms with Gasteiger partial charge in [0.15, 0.2) is 5.82 Å². The van der Waals surface area contributed by atoms with Crippen molar-refractivity contribution < 1.29 is 0 Å². The molecule has 0 spiro atoms. The summed E-state index contributed by atoms with van der Waals surface area (Å²) in [6.45, 7) is 8.53. The maximum absolute atomic E-state index is 4.50. The van der Waals surface area contributed by atoms with Gasteiger partial charge in [-0.2, -0.15) is 4.68 Å². The first-order chi connectivity index (χ1) is 7.48. The second-order valence-electron chi connectivity index (χ2n) is 4.81. The number of pyridine rings is 1. The van der Waals surface area contributed by atoms with Crippen LogP contribution in [0.25, 0.3) is 5.82 Å². The van der Waals surface area contributed by atoms with E-state index in [9.17, 15) is 0 Å². The Morgan fingerprint density at radius 1 is 1.19 bits per heavy atom. The van der Waals surface area contributed by atoms with Crippen molar-refractivity contribution in [3.8, 4) is 5.82 Å². The van der Waals surface area contributed by atoms with Gasteiger partial charge in [0.05, 0.1) is 0 Å². The van der Waals surface area contributed by atoms with Crippen LogP contribution in [0.3, 0.4) is 0 Å². The van der Waals surface area contributed by atoms with Crippen LogP contribution in [0, 0.1) is 6.92 Å². The molecule has 0 aliphatic rings. The van der Waals surface area contributed by atoms with Crippen LogP contribution in [0.15, 0.2) is 18.5 Å². The summed E-state index contributed by atoms with van der Waals surface area (Å²) in [6.07, 6.45) is 1.54. The van der Waals surface area contributed by atoms with Gasteiger partial charge in [-0.1, -0.05) is 26.8 Å². The second kappa shape index (κ2) is 3.66. The zero-order chi connectivity index (χ0) is 11.8. The summed E-state index contributed by atoms with van der Waals surface area (Å²) >= 11 is 0. The summed E-state index contributed by atoms with van der Waals surface area (Å²) in [5.41, 5.74) is 2.36. The second-order valence-corrected chi connectivity index (χ2v) is 4.81. The number of nitrogens with zero attached hydrogens (tertiary/aromatic N) is 5. The average Bonchev–Trinajstić information content (AvgIpc) is 2.68. The first-order valence-electron chi connectivity index (χ1n) is 5.20. The summed E-state index contributed by atoms with van der Waals surface area (Å²) in [5, 5.41) is 11.0. The maximum atomic E-state index is 4.50. The van der Waals surface area contributed by atoms with E-state index in [-0.39, 0.29) is 5.41 Å². The normalized spacial score (nSPS) is 11.8. The predicted octanol–water partition coefficient (Wildman–Crippen LogP) is 1.66. The molecule has 2 rings (SSSR count). The third-order valence-corrected chi connectivity index (χ3v) is 2.46. The smallest absolute Gasteiger partial charge is 0.157 e. The largest absolute Gasteiger partial charge is 0.234 e. The van der Waals surface area contributed by atoms with Gasteiger partial charge in [-0.15, -0.1) is 5.10 Å². The molecule has 0 aliphatic heterocycles. The topological polar surface area (TPSA) is 56.5 Å². The molecule has 16 heavy (non-hydrogen) atoms. The molecule has 0 fully saturated rings. The molecular formula is C11H15N5. The van der Waals surface area contributed by atoms with Gasteiger partial charge < -0.3 is 0 Å². The summed E-state index contributed by atoms with van der Waals surface area (Å²) in [4.78, 5) is 4.50. The third-order valence-electron chi connectivity index (χ3n) is 2.46. The van der Waals surface area contributed by atoms with Gasteiger partial charge in [-0.3, -0.25) is 0 Å². The molecule has 0 amide bonds. The van der Waals surface area contributed by atoms with Crippen molar-refractivity contribution in [2.45, 2.75) is 33.1 Å². The van der Waals surface area contributed by atoms with E-state index in [4.69, 9.17) is 0 Å². The molecule has 2 aromatic rings. The van der Waals surface area contributed by atoms with Crippen molar-refractivity contribution in [2.24, 2.45) is 0 Å². The van der Waals surface area contributed by atoms with E-state index < -0.39 is 0 Å². The zero-order valence-corrected chi connectivity index (χ0v) is 9.97. The highest BCUT2D eigenvalue weighted by atomic mass is 15.5. The lowest BCUT2D eigenvalue weighted by Crippen LogP contribution is -2.15. The van der Waals surface area contributed by atoms with Crippen molar-refractivity contribution in [1.82, 2.24) is 25.2 Å².